The zero-order valence-electron chi connectivity index (χ0n) is 11.2. The van der Waals surface area contributed by atoms with Crippen LogP contribution in [0.25, 0.3) is 11.5 Å². The summed E-state index contributed by atoms with van der Waals surface area (Å²) in [5.74, 6) is 1.48. The number of ether oxygens (including phenoxy) is 1. The van der Waals surface area contributed by atoms with Gasteiger partial charge in [0.1, 0.15) is 11.4 Å². The van der Waals surface area contributed by atoms with Crippen molar-refractivity contribution in [2.75, 3.05) is 7.11 Å². The number of aromatic nitrogens is 4. The van der Waals surface area contributed by atoms with Gasteiger partial charge in [-0.3, -0.25) is 0 Å². The highest BCUT2D eigenvalue weighted by Gasteiger charge is 2.11. The van der Waals surface area contributed by atoms with Crippen molar-refractivity contribution < 1.29 is 14.4 Å². The normalized spacial score (nSPS) is 10.5. The minimum atomic E-state index is 0.221. The van der Waals surface area contributed by atoms with Gasteiger partial charge in [-0.25, -0.2) is 0 Å². The van der Waals surface area contributed by atoms with Crippen LogP contribution in [-0.4, -0.2) is 32.6 Å². The molecule has 0 aliphatic carbocycles. The summed E-state index contributed by atoms with van der Waals surface area (Å²) in [5.41, 5.74) is 1.47. The Morgan fingerprint density at radius 1 is 1.10 bits per heavy atom. The Hall–Kier alpha value is -2.96. The predicted octanol–water partition coefficient (Wildman–Crippen LogP) is 1.83. The van der Waals surface area contributed by atoms with Crippen LogP contribution in [0.15, 0.2) is 40.9 Å². The van der Waals surface area contributed by atoms with Gasteiger partial charge in [0, 0.05) is 6.07 Å². The minimum Gasteiger partial charge on any atom is -0.508 e. The molecule has 1 aromatic carbocycles. The zero-order chi connectivity index (χ0) is 14.7. The average molecular weight is 284 g/mol. The maximum atomic E-state index is 9.24. The Bertz CT molecular complexity index is 723. The van der Waals surface area contributed by atoms with Crippen molar-refractivity contribution in [3.63, 3.8) is 0 Å². The van der Waals surface area contributed by atoms with Crippen LogP contribution in [0.2, 0.25) is 0 Å². The highest BCUT2D eigenvalue weighted by atomic mass is 16.5. The van der Waals surface area contributed by atoms with Gasteiger partial charge < -0.3 is 14.4 Å². The van der Waals surface area contributed by atoms with Crippen LogP contribution in [0.3, 0.4) is 0 Å². The van der Waals surface area contributed by atoms with E-state index in [0.29, 0.717) is 29.7 Å². The zero-order valence-corrected chi connectivity index (χ0v) is 11.2. The lowest BCUT2D eigenvalue weighted by Crippen LogP contribution is -1.93. The van der Waals surface area contributed by atoms with Crippen LogP contribution in [0.1, 0.15) is 11.5 Å². The van der Waals surface area contributed by atoms with Gasteiger partial charge >= 0.3 is 0 Å². The van der Waals surface area contributed by atoms with Crippen molar-refractivity contribution in [2.45, 2.75) is 6.42 Å². The predicted molar refractivity (Wildman–Crippen MR) is 72.8 cm³/mol. The lowest BCUT2D eigenvalue weighted by molar-refractivity contribution is 0.384. The first-order chi connectivity index (χ1) is 10.2. The summed E-state index contributed by atoms with van der Waals surface area (Å²) < 4.78 is 10.1. The van der Waals surface area contributed by atoms with E-state index in [-0.39, 0.29) is 5.75 Å². The second-order valence-electron chi connectivity index (χ2n) is 4.32. The lowest BCUT2D eigenvalue weighted by atomic mass is 10.1. The van der Waals surface area contributed by atoms with Gasteiger partial charge in [0.25, 0.3) is 0 Å². The van der Waals surface area contributed by atoms with Crippen LogP contribution in [0.5, 0.6) is 11.6 Å². The molecule has 7 nitrogen and oxygen atoms in total. The number of phenolic OH excluding ortho intramolecular Hbond substituents is 1. The first-order valence-electron chi connectivity index (χ1n) is 6.23. The fraction of sp³-hybridized carbons (Fsp3) is 0.143. The number of rotatable bonds is 4. The maximum Gasteiger partial charge on any atom is 0.233 e. The van der Waals surface area contributed by atoms with E-state index >= 15 is 0 Å². The molecule has 0 bridgehead atoms. The van der Waals surface area contributed by atoms with Crippen LogP contribution >= 0.6 is 0 Å². The van der Waals surface area contributed by atoms with E-state index in [4.69, 9.17) is 9.26 Å². The second kappa shape index (κ2) is 5.58. The standard InChI is InChI=1S/C14H12N4O3/c1-20-12-7-6-11(16-17-12)14-15-13(21-18-14)8-9-2-4-10(19)5-3-9/h2-7,19H,8H2,1H3. The highest BCUT2D eigenvalue weighted by molar-refractivity contribution is 5.47. The number of methoxy groups -OCH3 is 1. The van der Waals surface area contributed by atoms with E-state index < -0.39 is 0 Å². The Balaban J connectivity index is 1.77. The summed E-state index contributed by atoms with van der Waals surface area (Å²) in [4.78, 5) is 4.27. The third kappa shape index (κ3) is 2.97. The van der Waals surface area contributed by atoms with Crippen molar-refractivity contribution in [2.24, 2.45) is 0 Å². The largest absolute Gasteiger partial charge is 0.508 e. The summed E-state index contributed by atoms with van der Waals surface area (Å²) in [6.07, 6.45) is 0.483. The summed E-state index contributed by atoms with van der Waals surface area (Å²) >= 11 is 0. The van der Waals surface area contributed by atoms with Crippen LogP contribution in [0.4, 0.5) is 0 Å². The van der Waals surface area contributed by atoms with Gasteiger partial charge in [-0.15, -0.1) is 10.2 Å². The van der Waals surface area contributed by atoms with Crippen molar-refractivity contribution >= 4 is 0 Å². The smallest absolute Gasteiger partial charge is 0.233 e. The molecule has 21 heavy (non-hydrogen) atoms. The van der Waals surface area contributed by atoms with E-state index in [1.165, 1.54) is 7.11 Å². The van der Waals surface area contributed by atoms with Gasteiger partial charge in [0.2, 0.25) is 17.6 Å². The molecule has 0 aliphatic heterocycles. The molecule has 0 fully saturated rings. The molecule has 0 amide bonds. The number of nitrogens with zero attached hydrogens (tertiary/aromatic N) is 4. The van der Waals surface area contributed by atoms with Gasteiger partial charge in [-0.1, -0.05) is 17.3 Å². The highest BCUT2D eigenvalue weighted by Crippen LogP contribution is 2.17. The monoisotopic (exact) mass is 284 g/mol. The molecule has 0 saturated carbocycles. The molecule has 0 radical (unpaired) electrons. The molecular formula is C14H12N4O3. The quantitative estimate of drug-likeness (QED) is 0.781. The molecule has 2 heterocycles. The van der Waals surface area contributed by atoms with E-state index in [9.17, 15) is 5.11 Å². The lowest BCUT2D eigenvalue weighted by Gasteiger charge is -1.97. The molecule has 1 N–H and O–H groups in total. The average Bonchev–Trinajstić information content (AvgIpc) is 2.98. The summed E-state index contributed by atoms with van der Waals surface area (Å²) in [7, 11) is 1.52. The molecule has 3 aromatic rings. The fourth-order valence-electron chi connectivity index (χ4n) is 1.77. The fourth-order valence-corrected chi connectivity index (χ4v) is 1.77. The van der Waals surface area contributed by atoms with Gasteiger partial charge in [0.05, 0.1) is 13.5 Å². The summed E-state index contributed by atoms with van der Waals surface area (Å²) in [6.45, 7) is 0. The van der Waals surface area contributed by atoms with E-state index in [1.807, 2.05) is 0 Å². The van der Waals surface area contributed by atoms with Crippen LogP contribution in [-0.2, 0) is 6.42 Å². The molecule has 0 atom stereocenters. The van der Waals surface area contributed by atoms with Gasteiger partial charge in [-0.2, -0.15) is 4.98 Å². The van der Waals surface area contributed by atoms with Gasteiger partial charge in [-0.05, 0) is 23.8 Å². The Morgan fingerprint density at radius 3 is 2.57 bits per heavy atom. The third-order valence-corrected chi connectivity index (χ3v) is 2.84. The summed E-state index contributed by atoms with van der Waals surface area (Å²) in [6, 6.07) is 10.2. The molecule has 3 rings (SSSR count). The molecule has 0 unspecified atom stereocenters. The molecule has 0 spiro atoms. The Kier molecular flexibility index (Phi) is 3.46. The molecule has 2 aromatic heterocycles. The van der Waals surface area contributed by atoms with Crippen molar-refractivity contribution in [1.29, 1.82) is 0 Å². The topological polar surface area (TPSA) is 94.2 Å². The number of benzene rings is 1. The molecule has 106 valence electrons. The minimum absolute atomic E-state index is 0.221. The van der Waals surface area contributed by atoms with Crippen molar-refractivity contribution in [3.05, 3.63) is 47.9 Å². The molecular weight excluding hydrogens is 272 g/mol. The maximum absolute atomic E-state index is 9.24. The Labute approximate surface area is 120 Å². The first-order valence-corrected chi connectivity index (χ1v) is 6.23. The van der Waals surface area contributed by atoms with E-state index in [1.54, 1.807) is 36.4 Å². The van der Waals surface area contributed by atoms with Crippen molar-refractivity contribution in [1.82, 2.24) is 20.3 Å². The number of hydrogen-bond donors (Lipinski definition) is 1. The van der Waals surface area contributed by atoms with Gasteiger partial charge in [0.15, 0.2) is 0 Å². The SMILES string of the molecule is COc1ccc(-c2noc(Cc3ccc(O)cc3)n2)nn1. The first kappa shape index (κ1) is 13.0. The molecule has 7 heteroatoms. The number of phenols is 1. The number of hydrogen-bond acceptors (Lipinski definition) is 7. The van der Waals surface area contributed by atoms with E-state index in [2.05, 4.69) is 20.3 Å². The van der Waals surface area contributed by atoms with E-state index in [0.717, 1.165) is 5.56 Å². The number of aromatic hydroxyl groups is 1. The second-order valence-corrected chi connectivity index (χ2v) is 4.32. The molecule has 0 saturated heterocycles. The van der Waals surface area contributed by atoms with Crippen LogP contribution in [0, 0.1) is 0 Å². The van der Waals surface area contributed by atoms with Crippen molar-refractivity contribution in [3.8, 4) is 23.1 Å². The third-order valence-electron chi connectivity index (χ3n) is 2.84. The van der Waals surface area contributed by atoms with Crippen LogP contribution < -0.4 is 4.74 Å². The summed E-state index contributed by atoms with van der Waals surface area (Å²) in [5, 5.41) is 20.9. The Morgan fingerprint density at radius 2 is 1.90 bits per heavy atom. The molecule has 0 aliphatic rings.